The number of nitrogens with zero attached hydrogens (tertiary/aromatic N) is 1. The minimum atomic E-state index is -0.388. The van der Waals surface area contributed by atoms with Gasteiger partial charge in [-0.15, -0.1) is 0 Å². The average Bonchev–Trinajstić information content (AvgIpc) is 2.74. The van der Waals surface area contributed by atoms with E-state index in [1.807, 2.05) is 6.07 Å². The summed E-state index contributed by atoms with van der Waals surface area (Å²) in [5.41, 5.74) is 1.34. The first-order chi connectivity index (χ1) is 14.5. The van der Waals surface area contributed by atoms with Crippen LogP contribution in [0.1, 0.15) is 29.3 Å². The van der Waals surface area contributed by atoms with E-state index in [2.05, 4.69) is 15.6 Å². The molecule has 0 bridgehead atoms. The second-order valence-corrected chi connectivity index (χ2v) is 6.79. The summed E-state index contributed by atoms with van der Waals surface area (Å²) in [7, 11) is 0. The van der Waals surface area contributed by atoms with E-state index >= 15 is 0 Å². The Labute approximate surface area is 174 Å². The number of carbonyl (C=O) groups excluding carboxylic acids is 2. The van der Waals surface area contributed by atoms with Crippen LogP contribution >= 0.6 is 0 Å². The summed E-state index contributed by atoms with van der Waals surface area (Å²) in [5, 5.41) is 5.60. The molecule has 1 unspecified atom stereocenters. The van der Waals surface area contributed by atoms with Crippen molar-refractivity contribution >= 4 is 11.8 Å². The van der Waals surface area contributed by atoms with Crippen LogP contribution < -0.4 is 15.4 Å². The predicted octanol–water partition coefficient (Wildman–Crippen LogP) is 3.84. The fourth-order valence-corrected chi connectivity index (χ4v) is 2.73. The van der Waals surface area contributed by atoms with Gasteiger partial charge in [-0.2, -0.15) is 0 Å². The molecule has 0 aliphatic heterocycles. The minimum absolute atomic E-state index is 0.159. The maximum Gasteiger partial charge on any atom is 0.251 e. The Balaban J connectivity index is 1.43. The van der Waals surface area contributed by atoms with Crippen molar-refractivity contribution in [1.82, 2.24) is 15.6 Å². The molecule has 0 aliphatic rings. The third kappa shape index (κ3) is 6.41. The van der Waals surface area contributed by atoms with Crippen molar-refractivity contribution in [3.05, 3.63) is 89.9 Å². The first-order valence-corrected chi connectivity index (χ1v) is 9.50. The molecule has 0 saturated heterocycles. The number of nitrogens with one attached hydrogen (secondary N) is 2. The Morgan fingerprint density at radius 2 is 1.87 bits per heavy atom. The van der Waals surface area contributed by atoms with Crippen LogP contribution in [0.4, 0.5) is 4.39 Å². The SMILES string of the molecule is CC(CC(=O)NCc1ccc(Oc2cccc(F)c2)nc1)NC(=O)c1ccccc1. The van der Waals surface area contributed by atoms with E-state index in [1.54, 1.807) is 61.7 Å². The molecule has 0 aliphatic carbocycles. The maximum absolute atomic E-state index is 13.2. The molecule has 1 atom stereocenters. The highest BCUT2D eigenvalue weighted by Crippen LogP contribution is 2.20. The molecule has 1 heterocycles. The average molecular weight is 407 g/mol. The maximum atomic E-state index is 13.2. The topological polar surface area (TPSA) is 80.3 Å². The number of aromatic nitrogens is 1. The molecule has 3 aromatic rings. The number of carbonyl (C=O) groups is 2. The third-order valence-corrected chi connectivity index (χ3v) is 4.21. The van der Waals surface area contributed by atoms with E-state index in [9.17, 15) is 14.0 Å². The van der Waals surface area contributed by atoms with Gasteiger partial charge in [-0.05, 0) is 36.8 Å². The van der Waals surface area contributed by atoms with Crippen LogP contribution in [-0.4, -0.2) is 22.8 Å². The zero-order valence-electron chi connectivity index (χ0n) is 16.5. The van der Waals surface area contributed by atoms with Gasteiger partial charge in [0.15, 0.2) is 0 Å². The minimum Gasteiger partial charge on any atom is -0.439 e. The summed E-state index contributed by atoms with van der Waals surface area (Å²) in [6.45, 7) is 2.08. The number of hydrogen-bond donors (Lipinski definition) is 2. The van der Waals surface area contributed by atoms with Gasteiger partial charge in [0, 0.05) is 42.9 Å². The van der Waals surface area contributed by atoms with Gasteiger partial charge in [0.25, 0.3) is 5.91 Å². The zero-order chi connectivity index (χ0) is 21.3. The van der Waals surface area contributed by atoms with Crippen LogP contribution in [0, 0.1) is 5.82 Å². The summed E-state index contributed by atoms with van der Waals surface area (Å²) >= 11 is 0. The molecule has 6 nitrogen and oxygen atoms in total. The molecule has 1 aromatic heterocycles. The van der Waals surface area contributed by atoms with Crippen LogP contribution in [0.25, 0.3) is 0 Å². The van der Waals surface area contributed by atoms with Crippen molar-refractivity contribution in [2.75, 3.05) is 0 Å². The van der Waals surface area contributed by atoms with Crippen LogP contribution in [0.5, 0.6) is 11.6 Å². The van der Waals surface area contributed by atoms with Crippen LogP contribution in [0.2, 0.25) is 0 Å². The second-order valence-electron chi connectivity index (χ2n) is 6.79. The van der Waals surface area contributed by atoms with E-state index in [-0.39, 0.29) is 30.1 Å². The fraction of sp³-hybridized carbons (Fsp3) is 0.174. The summed E-state index contributed by atoms with van der Waals surface area (Å²) in [5.74, 6) is -0.103. The summed E-state index contributed by atoms with van der Waals surface area (Å²) in [6, 6.07) is 17.7. The molecular weight excluding hydrogens is 385 g/mol. The van der Waals surface area contributed by atoms with Gasteiger partial charge < -0.3 is 15.4 Å². The van der Waals surface area contributed by atoms with Crippen LogP contribution in [-0.2, 0) is 11.3 Å². The quantitative estimate of drug-likeness (QED) is 0.595. The van der Waals surface area contributed by atoms with Gasteiger partial charge >= 0.3 is 0 Å². The lowest BCUT2D eigenvalue weighted by Crippen LogP contribution is -2.37. The molecule has 2 aromatic carbocycles. The smallest absolute Gasteiger partial charge is 0.251 e. The number of hydrogen-bond acceptors (Lipinski definition) is 4. The molecule has 0 saturated carbocycles. The molecular formula is C23H22FN3O3. The molecule has 30 heavy (non-hydrogen) atoms. The number of benzene rings is 2. The highest BCUT2D eigenvalue weighted by atomic mass is 19.1. The molecule has 3 rings (SSSR count). The first kappa shape index (κ1) is 21.0. The third-order valence-electron chi connectivity index (χ3n) is 4.21. The van der Waals surface area contributed by atoms with Gasteiger partial charge in [-0.25, -0.2) is 9.37 Å². The lowest BCUT2D eigenvalue weighted by molar-refractivity contribution is -0.121. The van der Waals surface area contributed by atoms with E-state index in [0.29, 0.717) is 23.7 Å². The van der Waals surface area contributed by atoms with E-state index in [1.165, 1.54) is 12.1 Å². The number of halogens is 1. The van der Waals surface area contributed by atoms with E-state index < -0.39 is 0 Å². The standard InChI is InChI=1S/C23H22FN3O3/c1-16(27-23(29)18-6-3-2-4-7-18)12-21(28)25-14-17-10-11-22(26-15-17)30-20-9-5-8-19(24)13-20/h2-11,13,15-16H,12,14H2,1H3,(H,25,28)(H,27,29). The molecule has 2 amide bonds. The predicted molar refractivity (Wildman–Crippen MR) is 111 cm³/mol. The normalized spacial score (nSPS) is 11.4. The van der Waals surface area contributed by atoms with Crippen LogP contribution in [0.3, 0.4) is 0 Å². The Kier molecular flexibility index (Phi) is 7.10. The summed E-state index contributed by atoms with van der Waals surface area (Å²) in [6.07, 6.45) is 1.74. The monoisotopic (exact) mass is 407 g/mol. The Morgan fingerprint density at radius 3 is 2.57 bits per heavy atom. The molecule has 7 heteroatoms. The van der Waals surface area contributed by atoms with Crippen molar-refractivity contribution in [1.29, 1.82) is 0 Å². The number of rotatable bonds is 8. The fourth-order valence-electron chi connectivity index (χ4n) is 2.73. The molecule has 0 spiro atoms. The second kappa shape index (κ2) is 10.2. The molecule has 154 valence electrons. The lowest BCUT2D eigenvalue weighted by Gasteiger charge is -2.14. The van der Waals surface area contributed by atoms with Crippen molar-refractivity contribution in [2.24, 2.45) is 0 Å². The molecule has 0 radical (unpaired) electrons. The highest BCUT2D eigenvalue weighted by molar-refractivity contribution is 5.94. The highest BCUT2D eigenvalue weighted by Gasteiger charge is 2.13. The van der Waals surface area contributed by atoms with Gasteiger partial charge in [0.2, 0.25) is 11.8 Å². The number of amides is 2. The van der Waals surface area contributed by atoms with Crippen molar-refractivity contribution < 1.29 is 18.7 Å². The first-order valence-electron chi connectivity index (χ1n) is 9.50. The van der Waals surface area contributed by atoms with E-state index in [0.717, 1.165) is 5.56 Å². The largest absolute Gasteiger partial charge is 0.439 e. The van der Waals surface area contributed by atoms with Gasteiger partial charge in [-0.1, -0.05) is 30.3 Å². The summed E-state index contributed by atoms with van der Waals surface area (Å²) in [4.78, 5) is 28.4. The Hall–Kier alpha value is -3.74. The number of pyridine rings is 1. The molecule has 2 N–H and O–H groups in total. The summed E-state index contributed by atoms with van der Waals surface area (Å²) < 4.78 is 18.7. The van der Waals surface area contributed by atoms with Crippen LogP contribution in [0.15, 0.2) is 72.9 Å². The number of ether oxygens (including phenoxy) is 1. The van der Waals surface area contributed by atoms with Gasteiger partial charge in [-0.3, -0.25) is 9.59 Å². The van der Waals surface area contributed by atoms with Crippen molar-refractivity contribution in [3.63, 3.8) is 0 Å². The Bertz CT molecular complexity index is 994. The molecule has 0 fully saturated rings. The lowest BCUT2D eigenvalue weighted by atomic mass is 10.1. The zero-order valence-corrected chi connectivity index (χ0v) is 16.5. The van der Waals surface area contributed by atoms with Crippen molar-refractivity contribution in [2.45, 2.75) is 25.9 Å². The van der Waals surface area contributed by atoms with E-state index in [4.69, 9.17) is 4.74 Å². The van der Waals surface area contributed by atoms with Gasteiger partial charge in [0.05, 0.1) is 0 Å². The Morgan fingerprint density at radius 1 is 1.07 bits per heavy atom. The van der Waals surface area contributed by atoms with Gasteiger partial charge in [0.1, 0.15) is 11.6 Å². The van der Waals surface area contributed by atoms with Crippen molar-refractivity contribution in [3.8, 4) is 11.6 Å².